The minimum Gasteiger partial charge on any atom is -0.259 e. The van der Waals surface area contributed by atoms with E-state index in [1.165, 1.54) is 22.0 Å². The van der Waals surface area contributed by atoms with Gasteiger partial charge in [-0.1, -0.05) is 20.8 Å². The van der Waals surface area contributed by atoms with Gasteiger partial charge < -0.3 is 0 Å². The van der Waals surface area contributed by atoms with Crippen LogP contribution in [0.2, 0.25) is 0 Å². The molecule has 0 fully saturated rings. The van der Waals surface area contributed by atoms with Gasteiger partial charge in [-0.3, -0.25) is 4.98 Å². The highest BCUT2D eigenvalue weighted by atomic mass is 32.2. The maximum absolute atomic E-state index is 12.4. The van der Waals surface area contributed by atoms with Gasteiger partial charge in [-0.05, 0) is 17.5 Å². The number of anilines is 1. The average molecular weight is 337 g/mol. The fraction of sp³-hybridized carbons (Fsp3) is 0.308. The Labute approximate surface area is 132 Å². The first-order valence-corrected chi connectivity index (χ1v) is 8.85. The first-order chi connectivity index (χ1) is 10.3. The van der Waals surface area contributed by atoms with Crippen molar-refractivity contribution in [3.05, 3.63) is 35.6 Å². The summed E-state index contributed by atoms with van der Waals surface area (Å²) in [7, 11) is -3.69. The summed E-state index contributed by atoms with van der Waals surface area (Å²) in [6.07, 6.45) is 4.66. The number of thiophene rings is 1. The Bertz CT molecular complexity index is 888. The molecule has 0 saturated heterocycles. The molecule has 0 unspecified atom stereocenters. The molecule has 0 aliphatic carbocycles. The summed E-state index contributed by atoms with van der Waals surface area (Å²) in [5.41, 5.74) is 0.382. The van der Waals surface area contributed by atoms with Crippen LogP contribution < -0.4 is 4.72 Å². The van der Waals surface area contributed by atoms with Gasteiger partial charge in [0, 0.05) is 17.3 Å². The molecule has 3 aromatic rings. The van der Waals surface area contributed by atoms with E-state index in [1.54, 1.807) is 18.5 Å². The van der Waals surface area contributed by atoms with Gasteiger partial charge >= 0.3 is 0 Å². The highest BCUT2D eigenvalue weighted by Crippen LogP contribution is 2.32. The second-order valence-corrected chi connectivity index (χ2v) is 8.78. The largest absolute Gasteiger partial charge is 0.273 e. The molecule has 3 aromatic heterocycles. The van der Waals surface area contributed by atoms with Crippen LogP contribution in [0.1, 0.15) is 25.6 Å². The van der Waals surface area contributed by atoms with E-state index >= 15 is 0 Å². The molecular weight excluding hydrogens is 322 g/mol. The lowest BCUT2D eigenvalue weighted by Gasteiger charge is -2.15. The third kappa shape index (κ3) is 2.81. The molecule has 0 radical (unpaired) electrons. The number of nitrogens with zero attached hydrogens (tertiary/aromatic N) is 4. The van der Waals surface area contributed by atoms with Gasteiger partial charge in [-0.2, -0.15) is 4.98 Å². The molecule has 3 rings (SSSR count). The van der Waals surface area contributed by atoms with Crippen molar-refractivity contribution in [2.45, 2.75) is 30.4 Å². The molecule has 0 aliphatic heterocycles. The van der Waals surface area contributed by atoms with Gasteiger partial charge in [0.15, 0.2) is 5.65 Å². The van der Waals surface area contributed by atoms with Gasteiger partial charge in [0.25, 0.3) is 16.0 Å². The highest BCUT2D eigenvalue weighted by molar-refractivity contribution is 7.94. The predicted octanol–water partition coefficient (Wildman–Crippen LogP) is 2.28. The topological polar surface area (TPSA) is 89.2 Å². The number of aromatic nitrogens is 4. The van der Waals surface area contributed by atoms with E-state index < -0.39 is 10.0 Å². The monoisotopic (exact) mass is 337 g/mol. The van der Waals surface area contributed by atoms with E-state index in [4.69, 9.17) is 0 Å². The fourth-order valence-electron chi connectivity index (χ4n) is 1.83. The third-order valence-electron chi connectivity index (χ3n) is 2.95. The second-order valence-electron chi connectivity index (χ2n) is 5.79. The van der Waals surface area contributed by atoms with Crippen LogP contribution in [-0.2, 0) is 15.4 Å². The Kier molecular flexibility index (Phi) is 3.41. The van der Waals surface area contributed by atoms with Crippen LogP contribution in [0.25, 0.3) is 5.65 Å². The van der Waals surface area contributed by atoms with Crippen molar-refractivity contribution in [3.63, 3.8) is 0 Å². The minimum absolute atomic E-state index is 0.0266. The van der Waals surface area contributed by atoms with Gasteiger partial charge in [0.2, 0.25) is 0 Å². The van der Waals surface area contributed by atoms with Gasteiger partial charge in [-0.15, -0.1) is 16.4 Å². The predicted molar refractivity (Wildman–Crippen MR) is 84.6 cm³/mol. The summed E-state index contributed by atoms with van der Waals surface area (Å²) in [6, 6.07) is 3.44. The van der Waals surface area contributed by atoms with Crippen LogP contribution in [0.15, 0.2) is 34.9 Å². The third-order valence-corrected chi connectivity index (χ3v) is 6.28. The van der Waals surface area contributed by atoms with Crippen LogP contribution in [0.5, 0.6) is 0 Å². The Hall–Kier alpha value is -2.00. The summed E-state index contributed by atoms with van der Waals surface area (Å²) in [5, 5.41) is 4.06. The quantitative estimate of drug-likeness (QED) is 0.792. The molecule has 1 N–H and O–H groups in total. The zero-order valence-corrected chi connectivity index (χ0v) is 13.9. The standard InChI is InChI=1S/C13H15N5O2S2/c1-13(2,3)9-4-5-11(21-9)22(19,20)17-12-15-10-8-14-6-7-18(10)16-12/h4-8H,1-3H3,(H,16,17). The van der Waals surface area contributed by atoms with Gasteiger partial charge in [-0.25, -0.2) is 17.7 Å². The van der Waals surface area contributed by atoms with Crippen LogP contribution in [0.4, 0.5) is 5.95 Å². The molecule has 0 aliphatic rings. The number of hydrogen-bond acceptors (Lipinski definition) is 6. The van der Waals surface area contributed by atoms with Crippen molar-refractivity contribution in [1.29, 1.82) is 0 Å². The normalized spacial score (nSPS) is 12.7. The molecule has 0 amide bonds. The fourth-order valence-corrected chi connectivity index (χ4v) is 4.13. The molecule has 7 nitrogen and oxygen atoms in total. The van der Waals surface area contributed by atoms with E-state index in [1.807, 2.05) is 26.8 Å². The van der Waals surface area contributed by atoms with Crippen molar-refractivity contribution < 1.29 is 8.42 Å². The number of fused-ring (bicyclic) bond motifs is 1. The molecule has 116 valence electrons. The van der Waals surface area contributed by atoms with Crippen LogP contribution in [0, 0.1) is 0 Å². The summed E-state index contributed by atoms with van der Waals surface area (Å²) in [5.74, 6) is 0.0266. The maximum atomic E-state index is 12.4. The van der Waals surface area contributed by atoms with Crippen molar-refractivity contribution >= 4 is 33.0 Å². The lowest BCUT2D eigenvalue weighted by Crippen LogP contribution is -2.13. The molecule has 3 heterocycles. The molecule has 22 heavy (non-hydrogen) atoms. The second kappa shape index (κ2) is 5.03. The van der Waals surface area contributed by atoms with Gasteiger partial charge in [0.05, 0.1) is 6.20 Å². The number of hydrogen-bond donors (Lipinski definition) is 1. The summed E-state index contributed by atoms with van der Waals surface area (Å²) < 4.78 is 28.9. The maximum Gasteiger partial charge on any atom is 0.273 e. The lowest BCUT2D eigenvalue weighted by atomic mass is 9.95. The summed E-state index contributed by atoms with van der Waals surface area (Å²) in [6.45, 7) is 6.12. The van der Waals surface area contributed by atoms with E-state index in [0.717, 1.165) is 4.88 Å². The zero-order valence-electron chi connectivity index (χ0n) is 12.3. The lowest BCUT2D eigenvalue weighted by molar-refractivity contribution is 0.602. The summed E-state index contributed by atoms with van der Waals surface area (Å²) in [4.78, 5) is 9.00. The van der Waals surface area contributed by atoms with Crippen LogP contribution in [-0.4, -0.2) is 28.0 Å². The first-order valence-electron chi connectivity index (χ1n) is 6.55. The van der Waals surface area contributed by atoms with E-state index in [-0.39, 0.29) is 15.6 Å². The SMILES string of the molecule is CC(C)(C)c1ccc(S(=O)(=O)Nc2nc3cnccn3n2)s1. The Morgan fingerprint density at radius 1 is 1.27 bits per heavy atom. The minimum atomic E-state index is -3.69. The smallest absolute Gasteiger partial charge is 0.259 e. The first kappa shape index (κ1) is 14.9. The van der Waals surface area contributed by atoms with Crippen molar-refractivity contribution in [2.75, 3.05) is 4.72 Å². The molecular formula is C13H15N5O2S2. The molecule has 0 atom stereocenters. The van der Waals surface area contributed by atoms with E-state index in [2.05, 4.69) is 19.8 Å². The van der Waals surface area contributed by atoms with Crippen LogP contribution >= 0.6 is 11.3 Å². The number of nitrogens with one attached hydrogen (secondary N) is 1. The van der Waals surface area contributed by atoms with E-state index in [0.29, 0.717) is 5.65 Å². The van der Waals surface area contributed by atoms with Crippen LogP contribution in [0.3, 0.4) is 0 Å². The average Bonchev–Trinajstić information content (AvgIpc) is 3.03. The van der Waals surface area contributed by atoms with Gasteiger partial charge in [0.1, 0.15) is 4.21 Å². The number of sulfonamides is 1. The Morgan fingerprint density at radius 2 is 2.05 bits per heavy atom. The molecule has 0 bridgehead atoms. The van der Waals surface area contributed by atoms with Crippen molar-refractivity contribution in [2.24, 2.45) is 0 Å². The molecule has 9 heteroatoms. The Morgan fingerprint density at radius 3 is 2.68 bits per heavy atom. The molecule has 0 saturated carbocycles. The molecule has 0 aromatic carbocycles. The Balaban J connectivity index is 1.91. The van der Waals surface area contributed by atoms with E-state index in [9.17, 15) is 8.42 Å². The highest BCUT2D eigenvalue weighted by Gasteiger charge is 2.23. The van der Waals surface area contributed by atoms with Crippen molar-refractivity contribution in [1.82, 2.24) is 19.6 Å². The molecule has 0 spiro atoms. The summed E-state index contributed by atoms with van der Waals surface area (Å²) >= 11 is 1.25. The number of rotatable bonds is 3. The zero-order chi connectivity index (χ0) is 16.0. The van der Waals surface area contributed by atoms with Crippen molar-refractivity contribution in [3.8, 4) is 0 Å².